The van der Waals surface area contributed by atoms with Crippen molar-refractivity contribution in [1.29, 1.82) is 0 Å². The topological polar surface area (TPSA) is 33.2 Å². The highest BCUT2D eigenvalue weighted by Crippen LogP contribution is 2.33. The van der Waals surface area contributed by atoms with Gasteiger partial charge in [0.05, 0.1) is 20.8 Å². The number of hydrogen-bond donors (Lipinski definition) is 0. The Morgan fingerprint density at radius 2 is 1.39 bits per heavy atom. The number of nitrogens with zero attached hydrogens (tertiary/aromatic N) is 2. The number of fused-ring (bicyclic) bond motifs is 2. The van der Waals surface area contributed by atoms with Crippen molar-refractivity contribution in [3.05, 3.63) is 46.1 Å². The number of hydrogen-bond acceptors (Lipinski definition) is 4. The van der Waals surface area contributed by atoms with Crippen LogP contribution in [0.3, 0.4) is 0 Å². The van der Waals surface area contributed by atoms with E-state index in [0.717, 1.165) is 47.6 Å². The lowest BCUT2D eigenvalue weighted by molar-refractivity contribution is 0.532. The molecule has 0 amide bonds. The van der Waals surface area contributed by atoms with E-state index in [1.165, 1.54) is 107 Å². The molecule has 36 heavy (non-hydrogen) atoms. The summed E-state index contributed by atoms with van der Waals surface area (Å²) >= 11 is 1.70. The van der Waals surface area contributed by atoms with Gasteiger partial charge >= 0.3 is 0 Å². The minimum Gasteiger partial charge on any atom is -0.371 e. The molecule has 0 unspecified atom stereocenters. The van der Waals surface area contributed by atoms with Crippen LogP contribution in [-0.4, -0.2) is 18.1 Å². The molecule has 1 fully saturated rings. The number of anilines is 1. The van der Waals surface area contributed by atoms with Crippen molar-refractivity contribution in [3.63, 3.8) is 0 Å². The Morgan fingerprint density at radius 1 is 0.778 bits per heavy atom. The van der Waals surface area contributed by atoms with E-state index in [1.54, 1.807) is 11.3 Å². The van der Waals surface area contributed by atoms with E-state index in [2.05, 4.69) is 36.1 Å². The molecule has 1 aromatic carbocycles. The first-order valence-electron chi connectivity index (χ1n) is 14.9. The summed E-state index contributed by atoms with van der Waals surface area (Å²) in [6.45, 7) is 4.57. The first kappa shape index (κ1) is 27.1. The fourth-order valence-electron chi connectivity index (χ4n) is 5.34. The van der Waals surface area contributed by atoms with Crippen molar-refractivity contribution in [3.8, 4) is 10.6 Å². The molecule has 1 saturated heterocycles. The van der Waals surface area contributed by atoms with Gasteiger partial charge in [-0.2, -0.15) is 0 Å². The monoisotopic (exact) mass is 506 g/mol. The zero-order valence-electron chi connectivity index (χ0n) is 22.5. The Labute approximate surface area is 222 Å². The number of unbranched alkanes of at least 4 members (excludes halogenated alkanes) is 14. The van der Waals surface area contributed by atoms with Gasteiger partial charge in [-0.3, -0.25) is 4.79 Å². The Morgan fingerprint density at radius 3 is 1.97 bits per heavy atom. The highest BCUT2D eigenvalue weighted by Gasteiger charge is 2.16. The van der Waals surface area contributed by atoms with E-state index in [9.17, 15) is 4.79 Å². The second kappa shape index (κ2) is 14.7. The van der Waals surface area contributed by atoms with Gasteiger partial charge in [0.2, 0.25) is 0 Å². The molecule has 1 aromatic rings. The van der Waals surface area contributed by atoms with Gasteiger partial charge in [-0.05, 0) is 43.5 Å². The van der Waals surface area contributed by atoms with Crippen molar-refractivity contribution in [2.45, 2.75) is 116 Å². The lowest BCUT2D eigenvalue weighted by Gasteiger charge is -2.33. The smallest absolute Gasteiger partial charge is 0.183 e. The van der Waals surface area contributed by atoms with Crippen molar-refractivity contribution >= 4 is 27.2 Å². The summed E-state index contributed by atoms with van der Waals surface area (Å²) in [7, 11) is 0. The van der Waals surface area contributed by atoms with Gasteiger partial charge in [0.25, 0.3) is 0 Å². The van der Waals surface area contributed by atoms with Gasteiger partial charge < -0.3 is 4.90 Å². The van der Waals surface area contributed by atoms with Crippen LogP contribution in [0, 0.1) is 0 Å². The second-order valence-electron chi connectivity index (χ2n) is 10.8. The predicted molar refractivity (Wildman–Crippen MR) is 158 cm³/mol. The lowest BCUT2D eigenvalue weighted by Crippen LogP contribution is -2.36. The van der Waals surface area contributed by atoms with Crippen LogP contribution in [-0.2, 0) is 6.42 Å². The van der Waals surface area contributed by atoms with Gasteiger partial charge in [-0.25, -0.2) is 4.98 Å². The maximum atomic E-state index is 12.7. The van der Waals surface area contributed by atoms with Crippen LogP contribution in [0.1, 0.15) is 115 Å². The van der Waals surface area contributed by atoms with Gasteiger partial charge in [0.1, 0.15) is 0 Å². The molecule has 0 bridgehead atoms. The summed E-state index contributed by atoms with van der Waals surface area (Å²) in [5.74, 6) is 0. The Kier molecular flexibility index (Phi) is 11.1. The summed E-state index contributed by atoms with van der Waals surface area (Å²) < 4.78 is 1.17. The summed E-state index contributed by atoms with van der Waals surface area (Å²) in [6.07, 6.45) is 22.7. The summed E-state index contributed by atoms with van der Waals surface area (Å²) in [6, 6.07) is 10.4. The van der Waals surface area contributed by atoms with Crippen molar-refractivity contribution in [2.75, 3.05) is 18.0 Å². The van der Waals surface area contributed by atoms with Crippen LogP contribution >= 0.6 is 11.3 Å². The Bertz CT molecular complexity index is 1090. The SMILES string of the molecule is CCCCCCCCCCCCCCCCCc1cc2nc3ccc(N4CCC4)cc3sc-2cc1=O. The van der Waals surface area contributed by atoms with Crippen LogP contribution in [0.15, 0.2) is 35.1 Å². The molecule has 3 aliphatic rings. The molecule has 1 aliphatic carbocycles. The summed E-state index contributed by atoms with van der Waals surface area (Å²) in [5.41, 5.74) is 4.41. The minimum atomic E-state index is 0.184. The number of rotatable bonds is 17. The molecular formula is C32H46N2OS. The van der Waals surface area contributed by atoms with Crippen LogP contribution in [0.4, 0.5) is 5.69 Å². The lowest BCUT2D eigenvalue weighted by atomic mass is 10.0. The maximum absolute atomic E-state index is 12.7. The molecule has 0 spiro atoms. The molecule has 4 rings (SSSR count). The van der Waals surface area contributed by atoms with E-state index in [1.807, 2.05) is 6.07 Å². The maximum Gasteiger partial charge on any atom is 0.183 e. The molecule has 0 atom stereocenters. The Hall–Kier alpha value is -1.94. The van der Waals surface area contributed by atoms with Crippen molar-refractivity contribution in [2.24, 2.45) is 0 Å². The van der Waals surface area contributed by atoms with E-state index in [-0.39, 0.29) is 5.43 Å². The minimum absolute atomic E-state index is 0.184. The van der Waals surface area contributed by atoms with Crippen molar-refractivity contribution in [1.82, 2.24) is 4.98 Å². The first-order valence-corrected chi connectivity index (χ1v) is 15.7. The molecule has 2 heterocycles. The molecule has 0 aromatic heterocycles. The number of benzene rings is 2. The third-order valence-corrected chi connectivity index (χ3v) is 8.91. The van der Waals surface area contributed by atoms with Gasteiger partial charge in [0.15, 0.2) is 5.43 Å². The Balaban J connectivity index is 1.13. The molecule has 0 N–H and O–H groups in total. The molecular weight excluding hydrogens is 460 g/mol. The normalized spacial score (nSPS) is 13.5. The first-order chi connectivity index (χ1) is 17.7. The zero-order valence-corrected chi connectivity index (χ0v) is 23.3. The van der Waals surface area contributed by atoms with Crippen LogP contribution < -0.4 is 10.3 Å². The third kappa shape index (κ3) is 8.03. The number of aryl methyl sites for hydroxylation is 1. The van der Waals surface area contributed by atoms with Crippen LogP contribution in [0.2, 0.25) is 0 Å². The van der Waals surface area contributed by atoms with Gasteiger partial charge in [-0.15, -0.1) is 11.3 Å². The van der Waals surface area contributed by atoms with E-state index >= 15 is 0 Å². The number of aromatic nitrogens is 1. The van der Waals surface area contributed by atoms with Crippen LogP contribution in [0.25, 0.3) is 20.8 Å². The molecule has 196 valence electrons. The average Bonchev–Trinajstić information content (AvgIpc) is 2.84. The zero-order chi connectivity index (χ0) is 25.0. The summed E-state index contributed by atoms with van der Waals surface area (Å²) in [5, 5.41) is 0. The predicted octanol–water partition coefficient (Wildman–Crippen LogP) is 9.39. The fourth-order valence-corrected chi connectivity index (χ4v) is 6.35. The molecule has 4 heteroatoms. The van der Waals surface area contributed by atoms with Crippen molar-refractivity contribution < 1.29 is 0 Å². The largest absolute Gasteiger partial charge is 0.371 e. The second-order valence-corrected chi connectivity index (χ2v) is 11.9. The average molecular weight is 507 g/mol. The van der Waals surface area contributed by atoms with E-state index < -0.39 is 0 Å². The molecule has 2 aliphatic heterocycles. The molecule has 3 nitrogen and oxygen atoms in total. The van der Waals surface area contributed by atoms with Gasteiger partial charge in [0, 0.05) is 30.4 Å². The highest BCUT2D eigenvalue weighted by atomic mass is 32.1. The standard InChI is InChI=1S/C32H46N2OS/c1-2-3-4-5-6-7-8-9-10-11-12-13-14-15-16-18-26-23-29-32(25-30(26)35)36-31-24-27(34-21-17-22-34)19-20-28(31)33-29/h19-20,23-25H,2-18,21-22H2,1H3. The molecule has 0 radical (unpaired) electrons. The molecule has 0 saturated carbocycles. The van der Waals surface area contributed by atoms with E-state index in [0.29, 0.717) is 0 Å². The highest BCUT2D eigenvalue weighted by molar-refractivity contribution is 7.21. The quantitative estimate of drug-likeness (QED) is 0.135. The fraction of sp³-hybridized carbons (Fsp3) is 0.625. The summed E-state index contributed by atoms with van der Waals surface area (Å²) in [4.78, 5) is 21.1. The van der Waals surface area contributed by atoms with Gasteiger partial charge in [-0.1, -0.05) is 96.8 Å². The third-order valence-electron chi connectivity index (χ3n) is 7.82. The van der Waals surface area contributed by atoms with E-state index in [4.69, 9.17) is 4.98 Å². The van der Waals surface area contributed by atoms with Crippen LogP contribution in [0.5, 0.6) is 0 Å².